The fourth-order valence-corrected chi connectivity index (χ4v) is 4.48. The maximum absolute atomic E-state index is 11.6. The number of hydrogen-bond donors (Lipinski definition) is 2. The smallest absolute Gasteiger partial charge is 0.307 e. The lowest BCUT2D eigenvalue weighted by atomic mass is 9.97. The minimum atomic E-state index is -0.875. The molecule has 1 aromatic heterocycles. The van der Waals surface area contributed by atoms with E-state index in [1.165, 1.54) is 19.3 Å². The predicted octanol–water partition coefficient (Wildman–Crippen LogP) is 5.94. The van der Waals surface area contributed by atoms with Crippen LogP contribution in [0.5, 0.6) is 11.5 Å². The van der Waals surface area contributed by atoms with E-state index >= 15 is 0 Å². The molecule has 1 aliphatic rings. The Morgan fingerprint density at radius 2 is 1.97 bits per heavy atom. The van der Waals surface area contributed by atoms with Crippen LogP contribution in [-0.2, 0) is 11.2 Å². The topological polar surface area (TPSA) is 71.5 Å². The molecule has 2 N–H and O–H groups in total. The largest absolute Gasteiger partial charge is 0.496 e. The number of aliphatic carboxylic acids is 1. The molecule has 5 nitrogen and oxygen atoms in total. The summed E-state index contributed by atoms with van der Waals surface area (Å²) in [6.45, 7) is 0. The van der Waals surface area contributed by atoms with Crippen molar-refractivity contribution in [1.29, 1.82) is 0 Å². The van der Waals surface area contributed by atoms with Crippen LogP contribution in [0.4, 0.5) is 0 Å². The van der Waals surface area contributed by atoms with Gasteiger partial charge in [-0.25, -0.2) is 0 Å². The van der Waals surface area contributed by atoms with Crippen molar-refractivity contribution < 1.29 is 19.4 Å². The van der Waals surface area contributed by atoms with E-state index in [9.17, 15) is 9.90 Å². The van der Waals surface area contributed by atoms with Gasteiger partial charge in [0.2, 0.25) is 0 Å². The van der Waals surface area contributed by atoms with Gasteiger partial charge >= 0.3 is 5.97 Å². The van der Waals surface area contributed by atoms with Crippen molar-refractivity contribution in [1.82, 2.24) is 4.98 Å². The van der Waals surface area contributed by atoms with Gasteiger partial charge in [0.1, 0.15) is 11.5 Å². The number of carboxylic acids is 1. The van der Waals surface area contributed by atoms with Gasteiger partial charge in [-0.1, -0.05) is 22.4 Å². The molecule has 2 aromatic carbocycles. The molecule has 3 aromatic rings. The van der Waals surface area contributed by atoms with Gasteiger partial charge in [0, 0.05) is 20.9 Å². The molecule has 0 aliphatic heterocycles. The highest BCUT2D eigenvalue weighted by atomic mass is 79.9. The van der Waals surface area contributed by atoms with Crippen LogP contribution in [-0.4, -0.2) is 29.3 Å². The number of H-pyrrole nitrogens is 1. The van der Waals surface area contributed by atoms with Crippen molar-refractivity contribution in [2.24, 2.45) is 0 Å². The van der Waals surface area contributed by atoms with Crippen LogP contribution in [0, 0.1) is 0 Å². The standard InChI is InChI=1S/C23H24BrNO4/c1-28-21-10-7-14(24)11-19(21)23-18(13-22(26)27)17-12-16(8-9-20(17)25-23)29-15-5-3-2-4-6-15/h7-12,15,25H,2-6,13H2,1H3,(H,26,27). The average Bonchev–Trinajstić information content (AvgIpc) is 3.06. The Kier molecular flexibility index (Phi) is 5.81. The molecule has 4 rings (SSSR count). The summed E-state index contributed by atoms with van der Waals surface area (Å²) in [6.07, 6.45) is 5.99. The summed E-state index contributed by atoms with van der Waals surface area (Å²) in [5, 5.41) is 10.4. The summed E-state index contributed by atoms with van der Waals surface area (Å²) >= 11 is 3.50. The minimum Gasteiger partial charge on any atom is -0.496 e. The number of fused-ring (bicyclic) bond motifs is 1. The number of benzene rings is 2. The first-order valence-electron chi connectivity index (χ1n) is 9.92. The third-order valence-electron chi connectivity index (χ3n) is 5.49. The highest BCUT2D eigenvalue weighted by Crippen LogP contribution is 2.39. The predicted molar refractivity (Wildman–Crippen MR) is 117 cm³/mol. The molecule has 1 aliphatic carbocycles. The zero-order chi connectivity index (χ0) is 20.4. The maximum Gasteiger partial charge on any atom is 0.307 e. The second-order valence-electron chi connectivity index (χ2n) is 7.48. The van der Waals surface area contributed by atoms with Crippen molar-refractivity contribution >= 4 is 32.8 Å². The second-order valence-corrected chi connectivity index (χ2v) is 8.39. The zero-order valence-electron chi connectivity index (χ0n) is 16.3. The Bertz CT molecular complexity index is 1040. The zero-order valence-corrected chi connectivity index (χ0v) is 17.9. The van der Waals surface area contributed by atoms with Crippen LogP contribution < -0.4 is 9.47 Å². The molecule has 152 valence electrons. The van der Waals surface area contributed by atoms with Crippen LogP contribution in [0.25, 0.3) is 22.2 Å². The van der Waals surface area contributed by atoms with Crippen molar-refractivity contribution in [3.05, 3.63) is 46.4 Å². The number of ether oxygens (including phenoxy) is 2. The maximum atomic E-state index is 11.6. The molecule has 1 fully saturated rings. The van der Waals surface area contributed by atoms with Crippen molar-refractivity contribution in [3.8, 4) is 22.8 Å². The van der Waals surface area contributed by atoms with Gasteiger partial charge in [-0.15, -0.1) is 0 Å². The van der Waals surface area contributed by atoms with Crippen LogP contribution in [0.1, 0.15) is 37.7 Å². The molecule has 0 atom stereocenters. The molecule has 0 saturated heterocycles. The van der Waals surface area contributed by atoms with Gasteiger partial charge in [-0.05, 0) is 67.6 Å². The molecular formula is C23H24BrNO4. The first-order valence-corrected chi connectivity index (χ1v) is 10.7. The van der Waals surface area contributed by atoms with E-state index in [1.807, 2.05) is 36.4 Å². The summed E-state index contributed by atoms with van der Waals surface area (Å²) in [7, 11) is 1.61. The Balaban J connectivity index is 1.80. The number of nitrogens with one attached hydrogen (secondary N) is 1. The highest BCUT2D eigenvalue weighted by Gasteiger charge is 2.20. The van der Waals surface area contributed by atoms with Crippen molar-refractivity contribution in [2.45, 2.75) is 44.6 Å². The molecular weight excluding hydrogens is 434 g/mol. The average molecular weight is 458 g/mol. The summed E-state index contributed by atoms with van der Waals surface area (Å²) in [5.41, 5.74) is 3.20. The number of carbonyl (C=O) groups is 1. The molecule has 0 spiro atoms. The van der Waals surface area contributed by atoms with Crippen molar-refractivity contribution in [2.75, 3.05) is 7.11 Å². The van der Waals surface area contributed by atoms with Gasteiger partial charge in [-0.2, -0.15) is 0 Å². The van der Waals surface area contributed by atoms with E-state index in [0.29, 0.717) is 5.75 Å². The Labute approximate surface area is 178 Å². The number of halogens is 1. The number of aromatic amines is 1. The van der Waals surface area contributed by atoms with E-state index in [0.717, 1.165) is 50.8 Å². The van der Waals surface area contributed by atoms with Crippen LogP contribution in [0.15, 0.2) is 40.9 Å². The molecule has 0 radical (unpaired) electrons. The molecule has 0 amide bonds. The van der Waals surface area contributed by atoms with Gasteiger partial charge in [0.25, 0.3) is 0 Å². The molecule has 29 heavy (non-hydrogen) atoms. The number of carboxylic acid groups (broad SMARTS) is 1. The van der Waals surface area contributed by atoms with E-state index in [1.54, 1.807) is 7.11 Å². The molecule has 1 saturated carbocycles. The first kappa shape index (κ1) is 19.8. The third-order valence-corrected chi connectivity index (χ3v) is 5.98. The van der Waals surface area contributed by atoms with Gasteiger partial charge < -0.3 is 19.6 Å². The number of aromatic nitrogens is 1. The quantitative estimate of drug-likeness (QED) is 0.479. The van der Waals surface area contributed by atoms with Gasteiger partial charge in [-0.3, -0.25) is 4.79 Å². The number of rotatable bonds is 6. The number of hydrogen-bond acceptors (Lipinski definition) is 3. The van der Waals surface area contributed by atoms with Crippen LogP contribution in [0.3, 0.4) is 0 Å². The Hall–Kier alpha value is -2.47. The first-order chi connectivity index (χ1) is 14.0. The SMILES string of the molecule is COc1ccc(Br)cc1-c1[nH]c2ccc(OC3CCCCC3)cc2c1CC(=O)O. The monoisotopic (exact) mass is 457 g/mol. The van der Waals surface area contributed by atoms with Crippen molar-refractivity contribution in [3.63, 3.8) is 0 Å². The lowest BCUT2D eigenvalue weighted by molar-refractivity contribution is -0.136. The molecule has 1 heterocycles. The summed E-state index contributed by atoms with van der Waals surface area (Å²) in [5.74, 6) is 0.604. The van der Waals surface area contributed by atoms with E-state index in [-0.39, 0.29) is 12.5 Å². The van der Waals surface area contributed by atoms with Gasteiger partial charge in [0.15, 0.2) is 0 Å². The molecule has 6 heteroatoms. The lowest BCUT2D eigenvalue weighted by Crippen LogP contribution is -2.19. The Morgan fingerprint density at radius 3 is 2.69 bits per heavy atom. The fourth-order valence-electron chi connectivity index (χ4n) is 4.12. The van der Waals surface area contributed by atoms with E-state index in [4.69, 9.17) is 9.47 Å². The summed E-state index contributed by atoms with van der Waals surface area (Å²) < 4.78 is 12.6. The summed E-state index contributed by atoms with van der Waals surface area (Å²) in [4.78, 5) is 15.0. The normalized spacial score (nSPS) is 14.8. The van der Waals surface area contributed by atoms with Crippen LogP contribution in [0.2, 0.25) is 0 Å². The lowest BCUT2D eigenvalue weighted by Gasteiger charge is -2.23. The van der Waals surface area contributed by atoms with E-state index in [2.05, 4.69) is 20.9 Å². The second kappa shape index (κ2) is 8.49. The summed E-state index contributed by atoms with van der Waals surface area (Å²) in [6, 6.07) is 11.6. The van der Waals surface area contributed by atoms with Crippen LogP contribution >= 0.6 is 15.9 Å². The fraction of sp³-hybridized carbons (Fsp3) is 0.348. The van der Waals surface area contributed by atoms with Gasteiger partial charge in [0.05, 0.1) is 25.3 Å². The minimum absolute atomic E-state index is 0.0854. The highest BCUT2D eigenvalue weighted by molar-refractivity contribution is 9.10. The third kappa shape index (κ3) is 4.27. The molecule has 0 bridgehead atoms. The van der Waals surface area contributed by atoms with E-state index < -0.39 is 5.97 Å². The Morgan fingerprint density at radius 1 is 1.17 bits per heavy atom. The number of methoxy groups -OCH3 is 1. The molecule has 0 unspecified atom stereocenters.